The maximum Gasteiger partial charge on any atom is 0.289 e. The molecule has 2 aromatic carbocycles. The van der Waals surface area contributed by atoms with E-state index >= 15 is 0 Å². The van der Waals surface area contributed by atoms with Crippen LogP contribution in [-0.4, -0.2) is 41.6 Å². The van der Waals surface area contributed by atoms with Crippen LogP contribution < -0.4 is 14.9 Å². The molecular weight excluding hydrogens is 348 g/mol. The molecule has 0 spiro atoms. The number of H-pyrrole nitrogens is 1. The van der Waals surface area contributed by atoms with Crippen molar-refractivity contribution in [2.45, 2.75) is 0 Å². The highest BCUT2D eigenvalue weighted by molar-refractivity contribution is 5.94. The Kier molecular flexibility index (Phi) is 5.36. The van der Waals surface area contributed by atoms with Crippen molar-refractivity contribution in [3.63, 3.8) is 0 Å². The van der Waals surface area contributed by atoms with Crippen LogP contribution in [0.2, 0.25) is 0 Å². The molecule has 8 heteroatoms. The molecule has 1 aromatic heterocycles. The zero-order chi connectivity index (χ0) is 19.2. The number of aromatic amines is 1. The molecular formula is C19H18N4O4. The summed E-state index contributed by atoms with van der Waals surface area (Å²) in [7, 11) is 3.13. The summed E-state index contributed by atoms with van der Waals surface area (Å²) >= 11 is 0. The van der Waals surface area contributed by atoms with Crippen molar-refractivity contribution in [1.29, 1.82) is 0 Å². The number of hydrazone groups is 1. The molecule has 0 aliphatic carbocycles. The molecule has 0 aliphatic rings. The van der Waals surface area contributed by atoms with Crippen molar-refractivity contribution in [3.05, 3.63) is 59.8 Å². The van der Waals surface area contributed by atoms with Gasteiger partial charge in [-0.3, -0.25) is 9.89 Å². The average Bonchev–Trinajstić information content (AvgIpc) is 3.19. The molecule has 1 heterocycles. The summed E-state index contributed by atoms with van der Waals surface area (Å²) in [5.74, 6) is 0.984. The minimum Gasteiger partial charge on any atom is -0.508 e. The first-order valence-corrected chi connectivity index (χ1v) is 8.01. The van der Waals surface area contributed by atoms with Crippen molar-refractivity contribution in [3.8, 4) is 28.5 Å². The second-order valence-corrected chi connectivity index (χ2v) is 5.52. The average molecular weight is 366 g/mol. The van der Waals surface area contributed by atoms with E-state index in [-0.39, 0.29) is 11.4 Å². The number of hydrogen-bond acceptors (Lipinski definition) is 6. The number of phenolic OH excluding ortho intramolecular Hbond substituents is 1. The smallest absolute Gasteiger partial charge is 0.289 e. The lowest BCUT2D eigenvalue weighted by molar-refractivity contribution is 0.0950. The molecule has 0 fully saturated rings. The van der Waals surface area contributed by atoms with E-state index in [0.29, 0.717) is 22.8 Å². The normalized spacial score (nSPS) is 10.7. The number of benzene rings is 2. The van der Waals surface area contributed by atoms with E-state index in [4.69, 9.17) is 9.47 Å². The van der Waals surface area contributed by atoms with Gasteiger partial charge in [0, 0.05) is 5.56 Å². The minimum atomic E-state index is -0.439. The van der Waals surface area contributed by atoms with Gasteiger partial charge in [-0.25, -0.2) is 5.43 Å². The predicted molar refractivity (Wildman–Crippen MR) is 100 cm³/mol. The first kappa shape index (κ1) is 18.0. The van der Waals surface area contributed by atoms with Crippen LogP contribution >= 0.6 is 0 Å². The molecule has 1 amide bonds. The molecule has 0 bridgehead atoms. The zero-order valence-electron chi connectivity index (χ0n) is 14.8. The van der Waals surface area contributed by atoms with Crippen LogP contribution in [0.5, 0.6) is 17.2 Å². The number of methoxy groups -OCH3 is 2. The summed E-state index contributed by atoms with van der Waals surface area (Å²) in [5.41, 5.74) is 4.64. The molecule has 3 aromatic rings. The number of amides is 1. The van der Waals surface area contributed by atoms with Gasteiger partial charge in [0.15, 0.2) is 0 Å². The number of nitrogens with zero attached hydrogens (tertiary/aromatic N) is 2. The molecule has 0 saturated carbocycles. The number of carbonyl (C=O) groups is 1. The molecule has 3 rings (SSSR count). The molecule has 0 saturated heterocycles. The Morgan fingerprint density at radius 3 is 2.63 bits per heavy atom. The van der Waals surface area contributed by atoms with Gasteiger partial charge in [0.25, 0.3) is 5.91 Å². The van der Waals surface area contributed by atoms with Gasteiger partial charge in [-0.2, -0.15) is 10.2 Å². The fraction of sp³-hybridized carbons (Fsp3) is 0.105. The lowest BCUT2D eigenvalue weighted by atomic mass is 10.1. The fourth-order valence-electron chi connectivity index (χ4n) is 2.38. The monoisotopic (exact) mass is 366 g/mol. The molecule has 0 radical (unpaired) electrons. The fourth-order valence-corrected chi connectivity index (χ4v) is 2.38. The topological polar surface area (TPSA) is 109 Å². The van der Waals surface area contributed by atoms with E-state index in [1.807, 2.05) is 0 Å². The summed E-state index contributed by atoms with van der Waals surface area (Å²) < 4.78 is 10.6. The van der Waals surface area contributed by atoms with Crippen molar-refractivity contribution in [2.75, 3.05) is 14.2 Å². The number of aromatic hydroxyl groups is 1. The van der Waals surface area contributed by atoms with E-state index in [1.54, 1.807) is 50.6 Å². The molecule has 0 aliphatic heterocycles. The first-order valence-electron chi connectivity index (χ1n) is 8.01. The Morgan fingerprint density at radius 1 is 1.15 bits per heavy atom. The van der Waals surface area contributed by atoms with Crippen molar-refractivity contribution < 1.29 is 19.4 Å². The number of nitrogens with one attached hydrogen (secondary N) is 2. The van der Waals surface area contributed by atoms with Gasteiger partial charge in [0.05, 0.1) is 26.1 Å². The Hall–Kier alpha value is -3.81. The molecule has 3 N–H and O–H groups in total. The van der Waals surface area contributed by atoms with Gasteiger partial charge < -0.3 is 14.6 Å². The summed E-state index contributed by atoms with van der Waals surface area (Å²) in [6.07, 6.45) is 1.47. The van der Waals surface area contributed by atoms with Crippen LogP contribution in [0.15, 0.2) is 53.6 Å². The number of hydrogen-bond donors (Lipinski definition) is 3. The van der Waals surface area contributed by atoms with Gasteiger partial charge in [-0.05, 0) is 54.1 Å². The first-order chi connectivity index (χ1) is 13.1. The second-order valence-electron chi connectivity index (χ2n) is 5.52. The van der Waals surface area contributed by atoms with Crippen LogP contribution in [0.4, 0.5) is 0 Å². The quantitative estimate of drug-likeness (QED) is 0.459. The molecule has 27 heavy (non-hydrogen) atoms. The Morgan fingerprint density at radius 2 is 1.93 bits per heavy atom. The maximum atomic E-state index is 12.2. The summed E-state index contributed by atoms with van der Waals surface area (Å²) in [6.45, 7) is 0. The zero-order valence-corrected chi connectivity index (χ0v) is 14.8. The Labute approximate surface area is 155 Å². The number of rotatable bonds is 6. The molecule has 138 valence electrons. The lowest BCUT2D eigenvalue weighted by Crippen LogP contribution is -2.17. The van der Waals surface area contributed by atoms with Crippen LogP contribution in [0.25, 0.3) is 11.3 Å². The third kappa shape index (κ3) is 4.24. The van der Waals surface area contributed by atoms with Gasteiger partial charge in [-0.15, -0.1) is 0 Å². The number of ether oxygens (including phenoxy) is 2. The molecule has 0 atom stereocenters. The van der Waals surface area contributed by atoms with Crippen LogP contribution in [0, 0.1) is 0 Å². The van der Waals surface area contributed by atoms with Crippen LogP contribution in [0.3, 0.4) is 0 Å². The minimum absolute atomic E-state index is 0.161. The number of phenols is 1. The third-order valence-corrected chi connectivity index (χ3v) is 3.78. The molecule has 8 nitrogen and oxygen atoms in total. The number of aromatic nitrogens is 2. The molecule has 0 unspecified atom stereocenters. The van der Waals surface area contributed by atoms with E-state index in [2.05, 4.69) is 20.7 Å². The van der Waals surface area contributed by atoms with Crippen LogP contribution in [0.1, 0.15) is 16.1 Å². The van der Waals surface area contributed by atoms with Gasteiger partial charge in [0.1, 0.15) is 22.9 Å². The van der Waals surface area contributed by atoms with E-state index in [9.17, 15) is 9.90 Å². The summed E-state index contributed by atoms with van der Waals surface area (Å²) in [5, 5.41) is 20.0. The van der Waals surface area contributed by atoms with Crippen molar-refractivity contribution >= 4 is 12.1 Å². The largest absolute Gasteiger partial charge is 0.508 e. The second kappa shape index (κ2) is 8.05. The SMILES string of the molecule is COc1ccc(OC)c(-c2cc(C(=O)N/N=C/c3ccc(O)cc3)[nH]n2)c1. The lowest BCUT2D eigenvalue weighted by Gasteiger charge is -2.08. The summed E-state index contributed by atoms with van der Waals surface area (Å²) in [4.78, 5) is 12.2. The van der Waals surface area contributed by atoms with E-state index in [0.717, 1.165) is 5.56 Å². The van der Waals surface area contributed by atoms with E-state index < -0.39 is 5.91 Å². The van der Waals surface area contributed by atoms with Crippen LogP contribution in [-0.2, 0) is 0 Å². The highest BCUT2D eigenvalue weighted by atomic mass is 16.5. The third-order valence-electron chi connectivity index (χ3n) is 3.78. The van der Waals surface area contributed by atoms with Gasteiger partial charge in [0.2, 0.25) is 0 Å². The van der Waals surface area contributed by atoms with Crippen molar-refractivity contribution in [2.24, 2.45) is 5.10 Å². The van der Waals surface area contributed by atoms with Crippen molar-refractivity contribution in [1.82, 2.24) is 15.6 Å². The van der Waals surface area contributed by atoms with E-state index in [1.165, 1.54) is 18.3 Å². The summed E-state index contributed by atoms with van der Waals surface area (Å²) in [6, 6.07) is 13.3. The highest BCUT2D eigenvalue weighted by Gasteiger charge is 2.14. The predicted octanol–water partition coefficient (Wildman–Crippen LogP) is 2.56. The Balaban J connectivity index is 1.73. The van der Waals surface area contributed by atoms with Gasteiger partial charge in [-0.1, -0.05) is 0 Å². The van der Waals surface area contributed by atoms with Gasteiger partial charge >= 0.3 is 0 Å². The highest BCUT2D eigenvalue weighted by Crippen LogP contribution is 2.32. The number of carbonyl (C=O) groups excluding carboxylic acids is 1. The maximum absolute atomic E-state index is 12.2. The standard InChI is InChI=1S/C19H18N4O4/c1-26-14-7-8-18(27-2)15(9-14)16-10-17(22-21-16)19(25)23-20-11-12-3-5-13(24)6-4-12/h3-11,24H,1-2H3,(H,21,22)(H,23,25)/b20-11+. The Bertz CT molecular complexity index is 964.